The molecule has 0 bridgehead atoms. The van der Waals surface area contributed by atoms with Gasteiger partial charge in [0.2, 0.25) is 0 Å². The van der Waals surface area contributed by atoms with Gasteiger partial charge in [0.15, 0.2) is 0 Å². The van der Waals surface area contributed by atoms with Crippen molar-refractivity contribution in [3.8, 4) is 0 Å². The Labute approximate surface area is 223 Å². The van der Waals surface area contributed by atoms with Gasteiger partial charge >= 0.3 is 52.8 Å². The maximum atomic E-state index is 0. The van der Waals surface area contributed by atoms with Gasteiger partial charge in [0, 0.05) is 178 Å². The Hall–Kier alpha value is 7.60. The Morgan fingerprint density at radius 2 is 0.250 bits per heavy atom. The molecule has 0 aromatic carbocycles. The third-order valence-corrected chi connectivity index (χ3v) is 0. The summed E-state index contributed by atoms with van der Waals surface area (Å²) >= 11 is 0. The van der Waals surface area contributed by atoms with E-state index in [-0.39, 0.29) is 231 Å². The predicted molar refractivity (Wildman–Crippen MR) is 34.0 cm³/mol. The minimum atomic E-state index is 0. The van der Waals surface area contributed by atoms with Crippen molar-refractivity contribution in [3.05, 3.63) is 0 Å². The standard InChI is InChI=1S/3GeH4.5La/h3*1H4;;;;;. The second kappa shape index (κ2) is 46.7. The molecule has 0 amide bonds. The van der Waals surface area contributed by atoms with Gasteiger partial charge in [0.1, 0.15) is 0 Å². The van der Waals surface area contributed by atoms with Gasteiger partial charge in [-0.05, 0) is 0 Å². The first-order valence-electron chi connectivity index (χ1n) is 0. The third-order valence-electron chi connectivity index (χ3n) is 0. The number of hydrogen-bond acceptors (Lipinski definition) is 0. The first-order chi connectivity index (χ1) is 0. The van der Waals surface area contributed by atoms with Crippen molar-refractivity contribution in [3.63, 3.8) is 0 Å². The fraction of sp³-hybridized carbons (Fsp3) is 0. The molecule has 0 aliphatic heterocycles. The molecule has 5 radical (unpaired) electrons. The summed E-state index contributed by atoms with van der Waals surface area (Å²) < 4.78 is 0. The minimum Gasteiger partial charge on any atom is 0 e. The summed E-state index contributed by atoms with van der Waals surface area (Å²) in [6.07, 6.45) is 0. The van der Waals surface area contributed by atoms with E-state index in [0.717, 1.165) is 0 Å². The molecule has 0 spiro atoms. The summed E-state index contributed by atoms with van der Waals surface area (Å²) in [4.78, 5) is 0. The van der Waals surface area contributed by atoms with Crippen LogP contribution in [0.15, 0.2) is 0 Å². The molecule has 0 unspecified atom stereocenters. The van der Waals surface area contributed by atoms with Crippen molar-refractivity contribution in [1.29, 1.82) is 0 Å². The van der Waals surface area contributed by atoms with E-state index in [1.54, 1.807) is 0 Å². The van der Waals surface area contributed by atoms with E-state index in [2.05, 4.69) is 0 Å². The van der Waals surface area contributed by atoms with Gasteiger partial charge in [-0.2, -0.15) is 0 Å². The zero-order valence-electron chi connectivity index (χ0n) is 2.89. The van der Waals surface area contributed by atoms with Crippen LogP contribution in [0.4, 0.5) is 0 Å². The van der Waals surface area contributed by atoms with E-state index in [1.807, 2.05) is 0 Å². The average Bonchev–Trinajstić information content (AvgIpc) is 0. The molecule has 0 atom stereocenters. The van der Waals surface area contributed by atoms with Crippen molar-refractivity contribution in [1.82, 2.24) is 0 Å². The van der Waals surface area contributed by atoms with Gasteiger partial charge in [-0.3, -0.25) is 0 Å². The molecule has 0 saturated heterocycles. The van der Waals surface area contributed by atoms with Crippen LogP contribution in [0.1, 0.15) is 0 Å². The fourth-order valence-electron chi connectivity index (χ4n) is 0. The normalized spacial score (nSPS) is 0. The topological polar surface area (TPSA) is 0 Å². The van der Waals surface area contributed by atoms with E-state index in [1.165, 1.54) is 0 Å². The Kier molecular flexibility index (Phi) is 336. The van der Waals surface area contributed by atoms with Crippen LogP contribution in [0, 0.1) is 178 Å². The smallest absolute Gasteiger partial charge is 0 e. The molecule has 0 aliphatic rings. The van der Waals surface area contributed by atoms with Gasteiger partial charge in [0.05, 0.1) is 0 Å². The molecule has 0 aromatic heterocycles. The van der Waals surface area contributed by atoms with E-state index in [9.17, 15) is 0 Å². The molecule has 8 heavy (non-hydrogen) atoms. The molecule has 0 N–H and O–H groups in total. The van der Waals surface area contributed by atoms with Crippen LogP contribution in [0.25, 0.3) is 0 Å². The monoisotopic (exact) mass is 928 g/mol. The Bertz CT molecular complexity index is 7.64. The molecule has 8 heteroatoms. The average molecular weight is 924 g/mol. The maximum absolute atomic E-state index is 0. The molecule has 0 heterocycles. The van der Waals surface area contributed by atoms with Crippen LogP contribution in [0.3, 0.4) is 0 Å². The zero-order chi connectivity index (χ0) is 0. The molecule has 0 saturated carbocycles. The van der Waals surface area contributed by atoms with E-state index >= 15 is 0 Å². The number of hydrogen-bond donors (Lipinski definition) is 0. The van der Waals surface area contributed by atoms with Crippen molar-refractivity contribution >= 4 is 52.8 Å². The predicted octanol–water partition coefficient (Wildman–Crippen LogP) is -4.35. The third kappa shape index (κ3) is 37.4. The van der Waals surface area contributed by atoms with Crippen LogP contribution in [-0.2, 0) is 0 Å². The van der Waals surface area contributed by atoms with Gasteiger partial charge < -0.3 is 0 Å². The number of rotatable bonds is 0. The molecule has 0 nitrogen and oxygen atoms in total. The van der Waals surface area contributed by atoms with Crippen molar-refractivity contribution in [2.75, 3.05) is 0 Å². The van der Waals surface area contributed by atoms with E-state index in [0.29, 0.717) is 0 Å². The SMILES string of the molecule is [GeH4].[GeH4].[GeH4].[La].[La].[La].[La].[La]. The molecule has 0 fully saturated rings. The van der Waals surface area contributed by atoms with Gasteiger partial charge in [-0.15, -0.1) is 0 Å². The van der Waals surface area contributed by atoms with Crippen LogP contribution in [-0.4, -0.2) is 52.8 Å². The Balaban J connectivity index is 0. The summed E-state index contributed by atoms with van der Waals surface area (Å²) in [7, 11) is 0. The summed E-state index contributed by atoms with van der Waals surface area (Å²) in [5, 5.41) is 0. The minimum absolute atomic E-state index is 0. The van der Waals surface area contributed by atoms with Gasteiger partial charge in [-0.1, -0.05) is 0 Å². The summed E-state index contributed by atoms with van der Waals surface area (Å²) in [5.74, 6) is 0. The van der Waals surface area contributed by atoms with E-state index < -0.39 is 0 Å². The molecular formula is H12Ge3La5. The van der Waals surface area contributed by atoms with Crippen LogP contribution in [0.2, 0.25) is 0 Å². The Morgan fingerprint density at radius 3 is 0.250 bits per heavy atom. The van der Waals surface area contributed by atoms with Gasteiger partial charge in [0.25, 0.3) is 0 Å². The summed E-state index contributed by atoms with van der Waals surface area (Å²) in [5.41, 5.74) is 0. The van der Waals surface area contributed by atoms with Crippen LogP contribution >= 0.6 is 0 Å². The summed E-state index contributed by atoms with van der Waals surface area (Å²) in [6, 6.07) is 0. The van der Waals surface area contributed by atoms with Crippen molar-refractivity contribution in [2.24, 2.45) is 0 Å². The maximum Gasteiger partial charge on any atom is 0 e. The van der Waals surface area contributed by atoms with Crippen molar-refractivity contribution in [2.45, 2.75) is 0 Å². The zero-order valence-corrected chi connectivity index (χ0v) is 21.0. The second-order valence-corrected chi connectivity index (χ2v) is 0. The second-order valence-electron chi connectivity index (χ2n) is 0. The molecule has 0 rings (SSSR count). The van der Waals surface area contributed by atoms with E-state index in [4.69, 9.17) is 0 Å². The molecule has 0 aliphatic carbocycles. The first kappa shape index (κ1) is 57.6. The quantitative estimate of drug-likeness (QED) is 0.216. The fourth-order valence-corrected chi connectivity index (χ4v) is 0. The summed E-state index contributed by atoms with van der Waals surface area (Å²) in [6.45, 7) is 0. The molecule has 0 aromatic rings. The van der Waals surface area contributed by atoms with Gasteiger partial charge in [-0.25, -0.2) is 0 Å². The molecule has 39 valence electrons. The van der Waals surface area contributed by atoms with Crippen LogP contribution < -0.4 is 0 Å². The van der Waals surface area contributed by atoms with Crippen LogP contribution in [0.5, 0.6) is 0 Å². The Morgan fingerprint density at radius 1 is 0.250 bits per heavy atom. The molecular weight excluding hydrogens is 912 g/mol. The van der Waals surface area contributed by atoms with Crippen molar-refractivity contribution < 1.29 is 178 Å². The largest absolute Gasteiger partial charge is 0 e. The first-order valence-corrected chi connectivity index (χ1v) is 0.